The lowest BCUT2D eigenvalue weighted by atomic mass is 10.0. The van der Waals surface area contributed by atoms with Crippen molar-refractivity contribution in [1.29, 1.82) is 0 Å². The summed E-state index contributed by atoms with van der Waals surface area (Å²) in [7, 11) is 1.70. The minimum absolute atomic E-state index is 0.0150. The summed E-state index contributed by atoms with van der Waals surface area (Å²) in [5.41, 5.74) is 1.61. The number of benzene rings is 1. The first-order valence-corrected chi connectivity index (χ1v) is 11.2. The number of carbonyl (C=O) groups is 1. The molecule has 0 saturated carbocycles. The summed E-state index contributed by atoms with van der Waals surface area (Å²) < 4.78 is 26.4. The molecule has 0 spiro atoms. The largest absolute Gasteiger partial charge is 0.444 e. The van der Waals surface area contributed by atoms with Crippen molar-refractivity contribution in [3.8, 4) is 0 Å². The summed E-state index contributed by atoms with van der Waals surface area (Å²) in [5.74, 6) is -0.243. The zero-order chi connectivity index (χ0) is 23.3. The van der Waals surface area contributed by atoms with Crippen molar-refractivity contribution in [2.24, 2.45) is 0 Å². The van der Waals surface area contributed by atoms with Crippen molar-refractivity contribution in [1.82, 2.24) is 19.4 Å². The van der Waals surface area contributed by atoms with Crippen molar-refractivity contribution in [3.63, 3.8) is 0 Å². The van der Waals surface area contributed by atoms with Crippen LogP contribution in [0.15, 0.2) is 36.8 Å². The Balaban J connectivity index is 1.75. The van der Waals surface area contributed by atoms with E-state index < -0.39 is 5.60 Å². The Labute approximate surface area is 190 Å². The van der Waals surface area contributed by atoms with Crippen molar-refractivity contribution < 1.29 is 18.7 Å². The maximum absolute atomic E-state index is 13.4. The van der Waals surface area contributed by atoms with Crippen LogP contribution in [-0.4, -0.2) is 70.9 Å². The molecule has 1 amide bonds. The van der Waals surface area contributed by atoms with Gasteiger partial charge in [0.05, 0.1) is 24.1 Å². The van der Waals surface area contributed by atoms with Gasteiger partial charge in [0.1, 0.15) is 11.4 Å². The van der Waals surface area contributed by atoms with E-state index in [-0.39, 0.29) is 24.0 Å². The number of piperazine rings is 1. The van der Waals surface area contributed by atoms with Gasteiger partial charge in [0, 0.05) is 46.1 Å². The molecule has 0 aliphatic carbocycles. The average molecular weight is 447 g/mol. The molecule has 0 bridgehead atoms. The zero-order valence-electron chi connectivity index (χ0n) is 19.8. The van der Waals surface area contributed by atoms with Crippen LogP contribution in [0.5, 0.6) is 0 Å². The first kappa shape index (κ1) is 24.2. The average Bonchev–Trinajstić information content (AvgIpc) is 3.23. The molecule has 3 rings (SSSR count). The third-order valence-electron chi connectivity index (χ3n) is 5.81. The molecular formula is C24H35FN4O3. The van der Waals surface area contributed by atoms with Crippen LogP contribution in [0.25, 0.3) is 0 Å². The topological polar surface area (TPSA) is 59.8 Å². The number of aromatic nitrogens is 2. The summed E-state index contributed by atoms with van der Waals surface area (Å²) in [6.07, 6.45) is 4.28. The van der Waals surface area contributed by atoms with E-state index in [2.05, 4.69) is 21.4 Å². The van der Waals surface area contributed by atoms with Gasteiger partial charge < -0.3 is 18.9 Å². The standard InChI is InChI=1S/C24H35FN4O3/c1-18(19-6-8-20(25)9-7-19)29-17-26-16-22(29)21(10-15-31-5)27-11-13-28(14-12-27)23(30)32-24(2,3)4/h6-9,16-18,21H,10-15H2,1-5H3. The molecule has 2 atom stereocenters. The lowest BCUT2D eigenvalue weighted by molar-refractivity contribution is 0.00777. The molecule has 1 aliphatic heterocycles. The van der Waals surface area contributed by atoms with Crippen molar-refractivity contribution in [3.05, 3.63) is 53.9 Å². The Morgan fingerprint density at radius 3 is 2.41 bits per heavy atom. The highest BCUT2D eigenvalue weighted by Gasteiger charge is 2.31. The number of amides is 1. The number of nitrogens with zero attached hydrogens (tertiary/aromatic N) is 4. The molecule has 1 aromatic heterocycles. The van der Waals surface area contributed by atoms with Crippen molar-refractivity contribution in [2.75, 3.05) is 39.9 Å². The zero-order valence-corrected chi connectivity index (χ0v) is 19.8. The number of rotatable bonds is 7. The molecule has 1 fully saturated rings. The highest BCUT2D eigenvalue weighted by atomic mass is 19.1. The highest BCUT2D eigenvalue weighted by molar-refractivity contribution is 5.68. The van der Waals surface area contributed by atoms with Gasteiger partial charge in [0.2, 0.25) is 0 Å². The molecule has 0 N–H and O–H groups in total. The third-order valence-corrected chi connectivity index (χ3v) is 5.81. The number of methoxy groups -OCH3 is 1. The van der Waals surface area contributed by atoms with Crippen LogP contribution in [0, 0.1) is 5.82 Å². The lowest BCUT2D eigenvalue weighted by Gasteiger charge is -2.40. The molecule has 1 aromatic carbocycles. The van der Waals surface area contributed by atoms with E-state index in [4.69, 9.17) is 9.47 Å². The van der Waals surface area contributed by atoms with Crippen molar-refractivity contribution >= 4 is 6.09 Å². The summed E-state index contributed by atoms with van der Waals surface area (Å²) in [4.78, 5) is 21.0. The Morgan fingerprint density at radius 2 is 1.81 bits per heavy atom. The third kappa shape index (κ3) is 6.07. The first-order chi connectivity index (χ1) is 15.2. The summed E-state index contributed by atoms with van der Waals surface area (Å²) in [5, 5.41) is 0. The van der Waals surface area contributed by atoms with Crippen LogP contribution in [0.1, 0.15) is 57.5 Å². The van der Waals surface area contributed by atoms with Crippen LogP contribution >= 0.6 is 0 Å². The number of imidazole rings is 1. The Morgan fingerprint density at radius 1 is 1.16 bits per heavy atom. The minimum atomic E-state index is -0.502. The predicted octanol–water partition coefficient (Wildman–Crippen LogP) is 4.26. The minimum Gasteiger partial charge on any atom is -0.444 e. The van der Waals surface area contributed by atoms with E-state index in [1.807, 2.05) is 45.4 Å². The summed E-state index contributed by atoms with van der Waals surface area (Å²) >= 11 is 0. The predicted molar refractivity (Wildman–Crippen MR) is 121 cm³/mol. The molecule has 32 heavy (non-hydrogen) atoms. The number of halogens is 1. The maximum Gasteiger partial charge on any atom is 0.410 e. The normalized spacial score (nSPS) is 17.2. The fourth-order valence-corrected chi connectivity index (χ4v) is 4.09. The van der Waals surface area contributed by atoms with E-state index in [0.29, 0.717) is 19.7 Å². The molecule has 7 nitrogen and oxygen atoms in total. The van der Waals surface area contributed by atoms with Gasteiger partial charge in [-0.15, -0.1) is 0 Å². The fourth-order valence-electron chi connectivity index (χ4n) is 4.09. The molecule has 2 unspecified atom stereocenters. The number of ether oxygens (including phenoxy) is 2. The van der Waals surface area contributed by atoms with Crippen LogP contribution in [0.3, 0.4) is 0 Å². The molecule has 8 heteroatoms. The number of hydrogen-bond acceptors (Lipinski definition) is 5. The smallest absolute Gasteiger partial charge is 0.410 e. The number of carbonyl (C=O) groups excluding carboxylic acids is 1. The summed E-state index contributed by atoms with van der Waals surface area (Å²) in [6.45, 7) is 11.1. The maximum atomic E-state index is 13.4. The Bertz CT molecular complexity index is 870. The van der Waals surface area contributed by atoms with Gasteiger partial charge >= 0.3 is 6.09 Å². The molecule has 2 aromatic rings. The summed E-state index contributed by atoms with van der Waals surface area (Å²) in [6, 6.07) is 6.71. The monoisotopic (exact) mass is 446 g/mol. The van der Waals surface area contributed by atoms with Crippen LogP contribution < -0.4 is 0 Å². The van der Waals surface area contributed by atoms with E-state index in [1.165, 1.54) is 12.1 Å². The van der Waals surface area contributed by atoms with E-state index in [9.17, 15) is 9.18 Å². The van der Waals surface area contributed by atoms with Gasteiger partial charge in [0.15, 0.2) is 0 Å². The van der Waals surface area contributed by atoms with E-state index in [1.54, 1.807) is 12.0 Å². The van der Waals surface area contributed by atoms with Gasteiger partial charge in [0.25, 0.3) is 0 Å². The van der Waals surface area contributed by atoms with Gasteiger partial charge in [-0.25, -0.2) is 14.2 Å². The van der Waals surface area contributed by atoms with Gasteiger partial charge in [-0.05, 0) is 51.8 Å². The molecule has 0 radical (unpaired) electrons. The van der Waals surface area contributed by atoms with E-state index in [0.717, 1.165) is 30.8 Å². The molecule has 176 valence electrons. The lowest BCUT2D eigenvalue weighted by Crippen LogP contribution is -2.51. The Kier molecular flexibility index (Phi) is 7.90. The van der Waals surface area contributed by atoms with Crippen LogP contribution in [0.2, 0.25) is 0 Å². The second-order valence-electron chi connectivity index (χ2n) is 9.25. The van der Waals surface area contributed by atoms with Crippen molar-refractivity contribution in [2.45, 2.75) is 51.8 Å². The van der Waals surface area contributed by atoms with E-state index >= 15 is 0 Å². The second kappa shape index (κ2) is 10.4. The molecule has 2 heterocycles. The highest BCUT2D eigenvalue weighted by Crippen LogP contribution is 2.30. The SMILES string of the molecule is COCCC(c1cncn1C(C)c1ccc(F)cc1)N1CCN(C(=O)OC(C)(C)C)CC1. The van der Waals surface area contributed by atoms with Gasteiger partial charge in [-0.3, -0.25) is 4.90 Å². The molecule has 1 saturated heterocycles. The Hall–Kier alpha value is -2.45. The second-order valence-corrected chi connectivity index (χ2v) is 9.25. The van der Waals surface area contributed by atoms with Crippen LogP contribution in [0.4, 0.5) is 9.18 Å². The number of hydrogen-bond donors (Lipinski definition) is 0. The van der Waals surface area contributed by atoms with Gasteiger partial charge in [-0.1, -0.05) is 12.1 Å². The van der Waals surface area contributed by atoms with Gasteiger partial charge in [-0.2, -0.15) is 0 Å². The van der Waals surface area contributed by atoms with Crippen LogP contribution in [-0.2, 0) is 9.47 Å². The quantitative estimate of drug-likeness (QED) is 0.636. The molecule has 1 aliphatic rings. The fraction of sp³-hybridized carbons (Fsp3) is 0.583. The molecular weight excluding hydrogens is 411 g/mol. The first-order valence-electron chi connectivity index (χ1n) is 11.2.